The van der Waals surface area contributed by atoms with Crippen LogP contribution in [-0.2, 0) is 16.6 Å². The SMILES string of the molecule is CCN(Cc1cccs1)S(=O)(=O)CCNC(C)C. The Morgan fingerprint density at radius 2 is 2.17 bits per heavy atom. The summed E-state index contributed by atoms with van der Waals surface area (Å²) in [6, 6.07) is 4.23. The maximum Gasteiger partial charge on any atom is 0.215 e. The van der Waals surface area contributed by atoms with Crippen molar-refractivity contribution in [3.63, 3.8) is 0 Å². The smallest absolute Gasteiger partial charge is 0.215 e. The van der Waals surface area contributed by atoms with Crippen LogP contribution >= 0.6 is 11.3 Å². The topological polar surface area (TPSA) is 49.4 Å². The van der Waals surface area contributed by atoms with E-state index in [2.05, 4.69) is 5.32 Å². The van der Waals surface area contributed by atoms with E-state index in [0.29, 0.717) is 25.7 Å². The summed E-state index contributed by atoms with van der Waals surface area (Å²) in [5.41, 5.74) is 0. The molecule has 0 aliphatic rings. The van der Waals surface area contributed by atoms with Gasteiger partial charge in [0.05, 0.1) is 5.75 Å². The highest BCUT2D eigenvalue weighted by Crippen LogP contribution is 2.14. The normalized spacial score (nSPS) is 12.5. The van der Waals surface area contributed by atoms with E-state index in [1.165, 1.54) is 0 Å². The van der Waals surface area contributed by atoms with Crippen LogP contribution in [0.5, 0.6) is 0 Å². The molecular weight excluding hydrogens is 268 g/mol. The van der Waals surface area contributed by atoms with Crippen molar-refractivity contribution in [1.82, 2.24) is 9.62 Å². The summed E-state index contributed by atoms with van der Waals surface area (Å²) in [7, 11) is -3.17. The lowest BCUT2D eigenvalue weighted by Gasteiger charge is -2.20. The fourth-order valence-electron chi connectivity index (χ4n) is 1.59. The van der Waals surface area contributed by atoms with E-state index in [-0.39, 0.29) is 5.75 Å². The van der Waals surface area contributed by atoms with Crippen molar-refractivity contribution < 1.29 is 8.42 Å². The van der Waals surface area contributed by atoms with Crippen LogP contribution in [0, 0.1) is 0 Å². The Balaban J connectivity index is 2.57. The first kappa shape index (κ1) is 15.6. The van der Waals surface area contributed by atoms with Crippen LogP contribution < -0.4 is 5.32 Å². The summed E-state index contributed by atoms with van der Waals surface area (Å²) >= 11 is 1.59. The van der Waals surface area contributed by atoms with Crippen LogP contribution in [-0.4, -0.2) is 37.6 Å². The van der Waals surface area contributed by atoms with E-state index in [0.717, 1.165) is 4.88 Å². The molecule has 0 unspecified atom stereocenters. The molecule has 0 bridgehead atoms. The number of nitrogens with zero attached hydrogens (tertiary/aromatic N) is 1. The summed E-state index contributed by atoms with van der Waals surface area (Å²) in [4.78, 5) is 1.08. The number of hydrogen-bond donors (Lipinski definition) is 1. The second-order valence-corrected chi connectivity index (χ2v) is 7.55. The maximum absolute atomic E-state index is 12.2. The quantitative estimate of drug-likeness (QED) is 0.795. The number of rotatable bonds is 8. The van der Waals surface area contributed by atoms with Gasteiger partial charge in [-0.05, 0) is 11.4 Å². The molecule has 18 heavy (non-hydrogen) atoms. The monoisotopic (exact) mass is 290 g/mol. The van der Waals surface area contributed by atoms with Gasteiger partial charge in [0.1, 0.15) is 0 Å². The fraction of sp³-hybridized carbons (Fsp3) is 0.667. The predicted molar refractivity (Wildman–Crippen MR) is 77.3 cm³/mol. The fourth-order valence-corrected chi connectivity index (χ4v) is 3.75. The maximum atomic E-state index is 12.2. The third-order valence-corrected chi connectivity index (χ3v) is 5.33. The predicted octanol–water partition coefficient (Wildman–Crippen LogP) is 1.90. The number of thiophene rings is 1. The third kappa shape index (κ3) is 5.06. The molecule has 6 heteroatoms. The minimum atomic E-state index is -3.17. The van der Waals surface area contributed by atoms with Gasteiger partial charge in [-0.2, -0.15) is 4.31 Å². The Morgan fingerprint density at radius 3 is 2.67 bits per heavy atom. The van der Waals surface area contributed by atoms with E-state index < -0.39 is 10.0 Å². The lowest BCUT2D eigenvalue weighted by atomic mass is 10.4. The highest BCUT2D eigenvalue weighted by Gasteiger charge is 2.20. The molecule has 1 aromatic rings. The Labute approximate surface area is 114 Å². The molecule has 1 aromatic heterocycles. The van der Waals surface area contributed by atoms with Gasteiger partial charge >= 0.3 is 0 Å². The van der Waals surface area contributed by atoms with E-state index in [1.807, 2.05) is 38.3 Å². The molecule has 0 aliphatic carbocycles. The van der Waals surface area contributed by atoms with Crippen LogP contribution in [0.1, 0.15) is 25.6 Å². The number of hydrogen-bond acceptors (Lipinski definition) is 4. The van der Waals surface area contributed by atoms with Crippen LogP contribution in [0.4, 0.5) is 0 Å². The minimum absolute atomic E-state index is 0.157. The van der Waals surface area contributed by atoms with Crippen LogP contribution in [0.25, 0.3) is 0 Å². The zero-order valence-corrected chi connectivity index (χ0v) is 12.9. The first-order valence-electron chi connectivity index (χ1n) is 6.19. The summed E-state index contributed by atoms with van der Waals surface area (Å²) in [5, 5.41) is 5.10. The van der Waals surface area contributed by atoms with Crippen LogP contribution in [0.3, 0.4) is 0 Å². The molecule has 104 valence electrons. The first-order chi connectivity index (χ1) is 8.45. The average Bonchev–Trinajstić information content (AvgIpc) is 2.77. The molecule has 0 aliphatic heterocycles. The van der Waals surface area contributed by atoms with Gasteiger partial charge in [-0.25, -0.2) is 8.42 Å². The zero-order chi connectivity index (χ0) is 13.6. The summed E-state index contributed by atoms with van der Waals surface area (Å²) in [6.45, 7) is 7.40. The molecule has 0 fully saturated rings. The van der Waals surface area contributed by atoms with Gasteiger partial charge in [0.15, 0.2) is 0 Å². The van der Waals surface area contributed by atoms with Crippen molar-refractivity contribution in [3.05, 3.63) is 22.4 Å². The molecular formula is C12H22N2O2S2. The molecule has 0 amide bonds. The van der Waals surface area contributed by atoms with Gasteiger partial charge in [-0.15, -0.1) is 11.3 Å². The first-order valence-corrected chi connectivity index (χ1v) is 8.68. The Kier molecular flexibility index (Phi) is 6.28. The molecule has 0 saturated carbocycles. The molecule has 0 saturated heterocycles. The van der Waals surface area contributed by atoms with E-state index in [9.17, 15) is 8.42 Å². The molecule has 0 atom stereocenters. The molecule has 0 aromatic carbocycles. The third-order valence-electron chi connectivity index (χ3n) is 2.57. The highest BCUT2D eigenvalue weighted by atomic mass is 32.2. The summed E-state index contributed by atoms with van der Waals surface area (Å²) in [6.07, 6.45) is 0. The largest absolute Gasteiger partial charge is 0.313 e. The van der Waals surface area contributed by atoms with Gasteiger partial charge < -0.3 is 5.32 Å². The molecule has 1 N–H and O–H groups in total. The second-order valence-electron chi connectivity index (χ2n) is 4.43. The van der Waals surface area contributed by atoms with Gasteiger partial charge in [0.25, 0.3) is 0 Å². The minimum Gasteiger partial charge on any atom is -0.313 e. The van der Waals surface area contributed by atoms with Crippen molar-refractivity contribution >= 4 is 21.4 Å². The number of sulfonamides is 1. The van der Waals surface area contributed by atoms with Gasteiger partial charge in [0, 0.05) is 30.6 Å². The van der Waals surface area contributed by atoms with E-state index in [4.69, 9.17) is 0 Å². The zero-order valence-electron chi connectivity index (χ0n) is 11.2. The van der Waals surface area contributed by atoms with Crippen LogP contribution in [0.2, 0.25) is 0 Å². The summed E-state index contributed by atoms with van der Waals surface area (Å²) in [5.74, 6) is 0.157. The Hall–Kier alpha value is -0.430. The van der Waals surface area contributed by atoms with E-state index in [1.54, 1.807) is 15.6 Å². The lowest BCUT2D eigenvalue weighted by molar-refractivity contribution is 0.424. The summed E-state index contributed by atoms with van der Waals surface area (Å²) < 4.78 is 25.9. The van der Waals surface area contributed by atoms with Crippen molar-refractivity contribution in [1.29, 1.82) is 0 Å². The standard InChI is InChI=1S/C12H22N2O2S2/c1-4-14(10-12-6-5-8-17-12)18(15,16)9-7-13-11(2)3/h5-6,8,11,13H,4,7,9-10H2,1-3H3. The van der Waals surface area contributed by atoms with E-state index >= 15 is 0 Å². The van der Waals surface area contributed by atoms with Gasteiger partial charge in [0.2, 0.25) is 10.0 Å². The molecule has 1 rings (SSSR count). The number of nitrogens with one attached hydrogen (secondary N) is 1. The Morgan fingerprint density at radius 1 is 1.44 bits per heavy atom. The molecule has 1 heterocycles. The lowest BCUT2D eigenvalue weighted by Crippen LogP contribution is -2.37. The van der Waals surface area contributed by atoms with Crippen molar-refractivity contribution in [3.8, 4) is 0 Å². The molecule has 4 nitrogen and oxygen atoms in total. The van der Waals surface area contributed by atoms with Crippen LogP contribution in [0.15, 0.2) is 17.5 Å². The molecule has 0 radical (unpaired) electrons. The average molecular weight is 290 g/mol. The van der Waals surface area contributed by atoms with Crippen molar-refractivity contribution in [2.45, 2.75) is 33.4 Å². The van der Waals surface area contributed by atoms with Gasteiger partial charge in [-0.1, -0.05) is 26.8 Å². The highest BCUT2D eigenvalue weighted by molar-refractivity contribution is 7.89. The van der Waals surface area contributed by atoms with Gasteiger partial charge in [-0.3, -0.25) is 0 Å². The van der Waals surface area contributed by atoms with Crippen molar-refractivity contribution in [2.24, 2.45) is 0 Å². The second kappa shape index (κ2) is 7.23. The Bertz CT molecular complexity index is 427. The van der Waals surface area contributed by atoms with Crippen molar-refractivity contribution in [2.75, 3.05) is 18.8 Å². The molecule has 0 spiro atoms.